The Balaban J connectivity index is -0.000000105. The van der Waals surface area contributed by atoms with E-state index < -0.39 is 15.9 Å². The molecule has 0 aliphatic heterocycles. The van der Waals surface area contributed by atoms with Crippen LogP contribution in [-0.2, 0) is 25.8 Å². The summed E-state index contributed by atoms with van der Waals surface area (Å²) in [5, 5.41) is 24.2. The molecule has 3 nitrogen and oxygen atoms in total. The van der Waals surface area contributed by atoms with Crippen molar-refractivity contribution in [2.75, 3.05) is 19.8 Å². The van der Waals surface area contributed by atoms with Crippen LogP contribution < -0.4 is 4.40 Å². The van der Waals surface area contributed by atoms with Gasteiger partial charge in [-0.05, 0) is 19.3 Å². The Morgan fingerprint density at radius 3 is 1.17 bits per heavy atom. The molecular formula is C17H36FGeHfO3-. The Morgan fingerprint density at radius 2 is 1.09 bits per heavy atom. The number of aliphatic hydroxyl groups is 3. The van der Waals surface area contributed by atoms with E-state index in [1.54, 1.807) is 0 Å². The summed E-state index contributed by atoms with van der Waals surface area (Å²) in [7, 11) is 0. The summed E-state index contributed by atoms with van der Waals surface area (Å²) in [6.07, 6.45) is 6.11. The van der Waals surface area contributed by atoms with Crippen molar-refractivity contribution in [3.05, 3.63) is 24.3 Å². The van der Waals surface area contributed by atoms with Crippen molar-refractivity contribution >= 4 is 20.3 Å². The summed E-state index contributed by atoms with van der Waals surface area (Å²) >= 11 is -1.73. The summed E-state index contributed by atoms with van der Waals surface area (Å²) in [4.78, 5) is 0. The Hall–Kier alpha value is 0.573. The average molecular weight is 559 g/mol. The molecule has 0 saturated carbocycles. The van der Waals surface area contributed by atoms with E-state index in [4.69, 9.17) is 15.3 Å². The van der Waals surface area contributed by atoms with Gasteiger partial charge in [-0.2, -0.15) is 0 Å². The Kier molecular flexibility index (Phi) is 46.4. The molecule has 0 heterocycles. The average Bonchev–Trinajstić information content (AvgIpc) is 3.05. The van der Waals surface area contributed by atoms with E-state index in [0.717, 1.165) is 42.9 Å². The van der Waals surface area contributed by atoms with Gasteiger partial charge in [0.2, 0.25) is 0 Å². The number of halogens is 1. The van der Waals surface area contributed by atoms with E-state index in [0.29, 0.717) is 19.8 Å². The smallest absolute Gasteiger partial charge is 0 e. The third kappa shape index (κ3) is 39.4. The van der Waals surface area contributed by atoms with E-state index in [2.05, 4.69) is 20.8 Å². The fraction of sp³-hybridized carbons (Fsp3) is 0.706. The normalized spacial score (nSPS) is 8.83. The zero-order valence-corrected chi connectivity index (χ0v) is 21.7. The van der Waals surface area contributed by atoms with E-state index in [1.165, 1.54) is 0 Å². The van der Waals surface area contributed by atoms with Crippen LogP contribution in [0.2, 0.25) is 0 Å². The van der Waals surface area contributed by atoms with Crippen LogP contribution in [0.4, 0.5) is 3.50 Å². The molecule has 0 aromatic heterocycles. The molecule has 138 valence electrons. The molecule has 0 amide bonds. The maximum atomic E-state index is 11.7. The van der Waals surface area contributed by atoms with Gasteiger partial charge in [-0.15, -0.1) is 0 Å². The van der Waals surface area contributed by atoms with Crippen LogP contribution in [-0.4, -0.2) is 51.0 Å². The van der Waals surface area contributed by atoms with E-state index in [1.807, 2.05) is 24.3 Å². The second-order valence-corrected chi connectivity index (χ2v) is 6.93. The van der Waals surface area contributed by atoms with Crippen LogP contribution in [0, 0.1) is 0 Å². The number of hydrogen-bond acceptors (Lipinski definition) is 3. The molecule has 23 heavy (non-hydrogen) atoms. The topological polar surface area (TPSA) is 60.7 Å². The first-order chi connectivity index (χ1) is 10.7. The van der Waals surface area contributed by atoms with Crippen molar-refractivity contribution in [1.82, 2.24) is 0 Å². The number of hydrogen-bond donors (Lipinski definition) is 3. The first-order valence-electron chi connectivity index (χ1n) is 8.27. The number of rotatable bonds is 7. The van der Waals surface area contributed by atoms with Crippen LogP contribution in [0.15, 0.2) is 24.3 Å². The van der Waals surface area contributed by atoms with Gasteiger partial charge in [-0.3, -0.25) is 0 Å². The molecular weight excluding hydrogens is 522 g/mol. The first-order valence-corrected chi connectivity index (χ1v) is 10.9. The molecule has 0 radical (unpaired) electrons. The predicted molar refractivity (Wildman–Crippen MR) is 97.3 cm³/mol. The van der Waals surface area contributed by atoms with Gasteiger partial charge in [0.05, 0.1) is 0 Å². The number of aliphatic hydroxyl groups excluding tert-OH is 3. The predicted octanol–water partition coefficient (Wildman–Crippen LogP) is 2.42. The number of unbranched alkanes of at least 4 members (excludes halogenated alkanes) is 3. The van der Waals surface area contributed by atoms with Crippen LogP contribution in [0.25, 0.3) is 0 Å². The molecule has 6 heteroatoms. The monoisotopic (exact) mass is 561 g/mol. The van der Waals surface area contributed by atoms with Crippen LogP contribution in [0.5, 0.6) is 0 Å². The van der Waals surface area contributed by atoms with Gasteiger partial charge in [0.1, 0.15) is 0 Å². The molecule has 1 aromatic rings. The summed E-state index contributed by atoms with van der Waals surface area (Å²) in [5.41, 5.74) is 0. The third-order valence-corrected chi connectivity index (χ3v) is 4.06. The quantitative estimate of drug-likeness (QED) is 0.356. The fourth-order valence-corrected chi connectivity index (χ4v) is 1.92. The van der Waals surface area contributed by atoms with Crippen molar-refractivity contribution in [2.24, 2.45) is 0 Å². The Labute approximate surface area is 167 Å². The minimum atomic E-state index is -1.73. The molecule has 0 atom stereocenters. The summed E-state index contributed by atoms with van der Waals surface area (Å²) in [5.74, 6) is 0. The molecule has 0 bridgehead atoms. The maximum absolute atomic E-state index is 11.7. The van der Waals surface area contributed by atoms with Gasteiger partial charge in [0.15, 0.2) is 0 Å². The van der Waals surface area contributed by atoms with Gasteiger partial charge in [0.25, 0.3) is 0 Å². The van der Waals surface area contributed by atoms with Crippen molar-refractivity contribution in [3.8, 4) is 0 Å². The molecule has 0 unspecified atom stereocenters. The standard InChI is InChI=1S/C5H6FGe.3C4H10O.Hf/c6-7-5-3-1-2-4-5;3*1-2-3-4-5;/h1-4H,7H2;3*5H,2-4H2,1H3;/q-1;;;;. The van der Waals surface area contributed by atoms with Crippen LogP contribution >= 0.6 is 0 Å². The largest absolute Gasteiger partial charge is 0 e. The molecule has 1 rings (SSSR count). The van der Waals surface area contributed by atoms with E-state index in [9.17, 15) is 3.50 Å². The van der Waals surface area contributed by atoms with Gasteiger partial charge in [-0.1, -0.05) is 40.0 Å². The van der Waals surface area contributed by atoms with Gasteiger partial charge < -0.3 is 15.3 Å². The molecule has 0 saturated heterocycles. The third-order valence-electron chi connectivity index (χ3n) is 2.42. The summed E-state index contributed by atoms with van der Waals surface area (Å²) < 4.78 is 12.7. The van der Waals surface area contributed by atoms with Gasteiger partial charge in [0, 0.05) is 45.7 Å². The zero-order chi connectivity index (χ0) is 17.5. The second kappa shape index (κ2) is 34.0. The molecule has 0 aliphatic rings. The van der Waals surface area contributed by atoms with Crippen LogP contribution in [0.3, 0.4) is 0 Å². The van der Waals surface area contributed by atoms with E-state index >= 15 is 0 Å². The SMILES string of the molecule is CCCCO.CCCCO.CCCCO.[F][GeH2][c-]1cccc1.[Hf]. The van der Waals surface area contributed by atoms with Crippen molar-refractivity contribution in [3.63, 3.8) is 0 Å². The summed E-state index contributed by atoms with van der Waals surface area (Å²) in [6, 6.07) is 7.44. The van der Waals surface area contributed by atoms with Crippen molar-refractivity contribution in [1.29, 1.82) is 0 Å². The van der Waals surface area contributed by atoms with Gasteiger partial charge in [-0.25, -0.2) is 0 Å². The maximum Gasteiger partial charge on any atom is 0 e. The molecule has 3 N–H and O–H groups in total. The second-order valence-electron chi connectivity index (χ2n) is 4.66. The zero-order valence-electron chi connectivity index (χ0n) is 15.1. The molecule has 1 aromatic carbocycles. The van der Waals surface area contributed by atoms with Crippen molar-refractivity contribution < 1.29 is 44.7 Å². The molecule has 0 fully saturated rings. The van der Waals surface area contributed by atoms with Crippen molar-refractivity contribution in [2.45, 2.75) is 59.3 Å². The van der Waals surface area contributed by atoms with Crippen LogP contribution in [0.1, 0.15) is 59.3 Å². The summed E-state index contributed by atoms with van der Waals surface area (Å²) in [6.45, 7) is 7.19. The minimum absolute atomic E-state index is 0. The van der Waals surface area contributed by atoms with E-state index in [-0.39, 0.29) is 25.8 Å². The van der Waals surface area contributed by atoms with Gasteiger partial charge >= 0.3 is 48.1 Å². The fourth-order valence-electron chi connectivity index (χ4n) is 0.977. The Morgan fingerprint density at radius 1 is 0.783 bits per heavy atom. The first kappa shape index (κ1) is 31.4. The Bertz CT molecular complexity index is 230. The molecule has 0 aliphatic carbocycles. The minimum Gasteiger partial charge on any atom is 0 e. The molecule has 0 spiro atoms.